The quantitative estimate of drug-likeness (QED) is 0.275. The summed E-state index contributed by atoms with van der Waals surface area (Å²) in [6.45, 7) is 2.13. The van der Waals surface area contributed by atoms with Crippen LogP contribution in [-0.4, -0.2) is 53.5 Å². The van der Waals surface area contributed by atoms with Gasteiger partial charge in [-0.05, 0) is 24.6 Å². The number of benzene rings is 1. The van der Waals surface area contributed by atoms with E-state index < -0.39 is 4.92 Å². The minimum atomic E-state index is -0.441. The number of non-ortho nitro benzene ring substituents is 1. The molecule has 124 valence electrons. The largest absolute Gasteiger partial charge is 0.480 e. The molecule has 0 amide bonds. The minimum absolute atomic E-state index is 0.0278. The van der Waals surface area contributed by atoms with Crippen molar-refractivity contribution in [2.45, 2.75) is 6.92 Å². The zero-order chi connectivity index (χ0) is 17.4. The molecule has 1 aromatic carbocycles. The highest BCUT2D eigenvalue weighted by atomic mass is 16.6. The van der Waals surface area contributed by atoms with E-state index in [0.29, 0.717) is 6.61 Å². The second-order valence-corrected chi connectivity index (χ2v) is 4.98. The summed E-state index contributed by atoms with van der Waals surface area (Å²) in [5, 5.41) is 20.4. The maximum Gasteiger partial charge on any atom is 0.293 e. The molecule has 7 heteroatoms. The second kappa shape index (κ2) is 8.57. The molecular weight excluding hydrogens is 298 g/mol. The lowest BCUT2D eigenvalue weighted by molar-refractivity contribution is -0.458. The van der Waals surface area contributed by atoms with Crippen LogP contribution in [-0.2, 0) is 4.74 Å². The maximum absolute atomic E-state index is 10.8. The monoisotopic (exact) mass is 320 g/mol. The fourth-order valence-corrected chi connectivity index (χ4v) is 1.81. The van der Waals surface area contributed by atoms with Crippen LogP contribution in [0.1, 0.15) is 12.5 Å². The van der Waals surface area contributed by atoms with Crippen LogP contribution in [0.15, 0.2) is 42.5 Å². The van der Waals surface area contributed by atoms with E-state index in [9.17, 15) is 15.2 Å². The number of nitro benzene ring substituents is 1. The lowest BCUT2D eigenvalue weighted by Crippen LogP contribution is -2.12. The predicted octanol–water partition coefficient (Wildman–Crippen LogP) is 2.60. The number of hydrogen-bond donors (Lipinski definition) is 1. The van der Waals surface area contributed by atoms with Crippen LogP contribution in [0.5, 0.6) is 0 Å². The first-order valence-corrected chi connectivity index (χ1v) is 7.08. The first-order chi connectivity index (χ1) is 10.8. The van der Waals surface area contributed by atoms with Gasteiger partial charge in [0.1, 0.15) is 14.1 Å². The number of nitrogens with zero attached hydrogens (tertiary/aromatic N) is 3. The number of hydrogen-bond acceptors (Lipinski definition) is 5. The van der Waals surface area contributed by atoms with Crippen LogP contribution < -0.4 is 0 Å². The van der Waals surface area contributed by atoms with Gasteiger partial charge >= 0.3 is 0 Å². The van der Waals surface area contributed by atoms with Crippen LogP contribution in [0.4, 0.5) is 5.69 Å². The Kier molecular flexibility index (Phi) is 6.79. The molecule has 1 N–H and O–H groups in total. The van der Waals surface area contributed by atoms with Crippen molar-refractivity contribution in [3.8, 4) is 0 Å². The summed E-state index contributed by atoms with van der Waals surface area (Å²) in [6, 6.07) is 6.21. The molecule has 0 atom stereocenters. The standard InChI is InChI=1S/C16H21N3O4/c1-5-23-16(20)12-18(4)15(10-11-17(2)3)13-6-8-14(9-7-13)19(21)22/h6-12H,5H2,1-4H3/p+1/b16-12+. The van der Waals surface area contributed by atoms with Gasteiger partial charge < -0.3 is 14.7 Å². The van der Waals surface area contributed by atoms with Crippen LogP contribution >= 0.6 is 0 Å². The first kappa shape index (κ1) is 18.2. The van der Waals surface area contributed by atoms with Gasteiger partial charge in [-0.3, -0.25) is 10.1 Å². The summed E-state index contributed by atoms with van der Waals surface area (Å²) < 4.78 is 6.88. The Labute approximate surface area is 135 Å². The van der Waals surface area contributed by atoms with E-state index in [1.54, 1.807) is 31.0 Å². The number of allylic oxidation sites excluding steroid dienone is 1. The third-order valence-electron chi connectivity index (χ3n) is 2.88. The number of aliphatic hydroxyl groups is 1. The van der Waals surface area contributed by atoms with Gasteiger partial charge in [0.25, 0.3) is 11.6 Å². The molecule has 0 aliphatic carbocycles. The molecule has 0 bridgehead atoms. The molecular formula is C16H22N3O4+. The molecule has 0 saturated heterocycles. The van der Waals surface area contributed by atoms with Gasteiger partial charge in [-0.25, -0.2) is 4.58 Å². The second-order valence-electron chi connectivity index (χ2n) is 4.98. The average Bonchev–Trinajstić information content (AvgIpc) is 2.47. The summed E-state index contributed by atoms with van der Waals surface area (Å²) in [4.78, 5) is 12.0. The van der Waals surface area contributed by atoms with Crippen molar-refractivity contribution in [1.29, 1.82) is 0 Å². The summed E-state index contributed by atoms with van der Waals surface area (Å²) in [5.41, 5.74) is 1.55. The van der Waals surface area contributed by atoms with Crippen molar-refractivity contribution in [2.24, 2.45) is 0 Å². The molecule has 0 aliphatic rings. The van der Waals surface area contributed by atoms with Gasteiger partial charge in [-0.15, -0.1) is 0 Å². The van der Waals surface area contributed by atoms with Crippen LogP contribution in [0, 0.1) is 10.1 Å². The van der Waals surface area contributed by atoms with Crippen molar-refractivity contribution in [3.63, 3.8) is 0 Å². The van der Waals surface area contributed by atoms with Gasteiger partial charge in [0.05, 0.1) is 23.4 Å². The summed E-state index contributed by atoms with van der Waals surface area (Å²) in [6.07, 6.45) is 5.13. The molecule has 0 aliphatic heterocycles. The highest BCUT2D eigenvalue weighted by Crippen LogP contribution is 2.21. The van der Waals surface area contributed by atoms with Crippen LogP contribution in [0.25, 0.3) is 5.70 Å². The van der Waals surface area contributed by atoms with Gasteiger partial charge in [-0.1, -0.05) is 0 Å². The Morgan fingerprint density at radius 1 is 1.35 bits per heavy atom. The average molecular weight is 320 g/mol. The highest BCUT2D eigenvalue weighted by molar-refractivity contribution is 5.81. The molecule has 7 nitrogen and oxygen atoms in total. The Hall–Kier alpha value is -2.83. The van der Waals surface area contributed by atoms with Gasteiger partial charge in [0, 0.05) is 25.3 Å². The number of aliphatic hydroxyl groups excluding tert-OH is 1. The number of nitro groups is 1. The van der Waals surface area contributed by atoms with Gasteiger partial charge in [0.15, 0.2) is 6.21 Å². The van der Waals surface area contributed by atoms with Crippen molar-refractivity contribution in [2.75, 3.05) is 27.7 Å². The lowest BCUT2D eigenvalue weighted by Gasteiger charge is -2.18. The summed E-state index contributed by atoms with van der Waals surface area (Å²) >= 11 is 0. The van der Waals surface area contributed by atoms with E-state index in [0.717, 1.165) is 11.3 Å². The normalized spacial score (nSPS) is 11.8. The van der Waals surface area contributed by atoms with E-state index in [4.69, 9.17) is 4.74 Å². The smallest absolute Gasteiger partial charge is 0.293 e. The Morgan fingerprint density at radius 3 is 2.43 bits per heavy atom. The van der Waals surface area contributed by atoms with Crippen LogP contribution in [0.2, 0.25) is 0 Å². The molecule has 1 aromatic rings. The highest BCUT2D eigenvalue weighted by Gasteiger charge is 2.11. The molecule has 0 aromatic heterocycles. The first-order valence-electron chi connectivity index (χ1n) is 7.08. The van der Waals surface area contributed by atoms with Crippen molar-refractivity contribution in [1.82, 2.24) is 4.90 Å². The van der Waals surface area contributed by atoms with E-state index in [2.05, 4.69) is 0 Å². The zero-order valence-electron chi connectivity index (χ0n) is 13.8. The molecule has 0 saturated carbocycles. The molecule has 0 spiro atoms. The molecule has 0 fully saturated rings. The van der Waals surface area contributed by atoms with Crippen molar-refractivity contribution < 1.29 is 19.3 Å². The molecule has 0 heterocycles. The fourth-order valence-electron chi connectivity index (χ4n) is 1.81. The molecule has 1 rings (SSSR count). The third-order valence-corrected chi connectivity index (χ3v) is 2.88. The molecule has 0 radical (unpaired) electrons. The number of rotatable bonds is 7. The van der Waals surface area contributed by atoms with E-state index in [1.807, 2.05) is 31.0 Å². The Bertz CT molecular complexity index is 629. The van der Waals surface area contributed by atoms with Crippen molar-refractivity contribution >= 4 is 17.6 Å². The lowest BCUT2D eigenvalue weighted by atomic mass is 10.1. The molecule has 23 heavy (non-hydrogen) atoms. The van der Waals surface area contributed by atoms with E-state index >= 15 is 0 Å². The van der Waals surface area contributed by atoms with Gasteiger partial charge in [0.2, 0.25) is 0 Å². The minimum Gasteiger partial charge on any atom is -0.480 e. The Morgan fingerprint density at radius 2 is 1.96 bits per heavy atom. The van der Waals surface area contributed by atoms with Crippen LogP contribution in [0.3, 0.4) is 0 Å². The summed E-state index contributed by atoms with van der Waals surface area (Å²) in [7, 11) is 5.53. The summed E-state index contributed by atoms with van der Waals surface area (Å²) in [5.74, 6) is -0.201. The fraction of sp³-hybridized carbons (Fsp3) is 0.312. The maximum atomic E-state index is 10.8. The molecule has 0 unspecified atom stereocenters. The topological polar surface area (TPSA) is 78.8 Å². The van der Waals surface area contributed by atoms with Crippen molar-refractivity contribution in [3.05, 3.63) is 58.2 Å². The van der Waals surface area contributed by atoms with E-state index in [1.165, 1.54) is 18.3 Å². The van der Waals surface area contributed by atoms with Gasteiger partial charge in [-0.2, -0.15) is 0 Å². The zero-order valence-corrected chi connectivity index (χ0v) is 13.8. The SMILES string of the molecule is CCO/C(O)=C/N(C)/C(=C\C=[N+](C)C)c1ccc([N+](=O)[O-])cc1. The predicted molar refractivity (Wildman–Crippen MR) is 89.3 cm³/mol. The third kappa shape index (κ3) is 5.82. The Balaban J connectivity index is 3.20. The van der Waals surface area contributed by atoms with E-state index in [-0.39, 0.29) is 11.6 Å². The number of ether oxygens (including phenoxy) is 1.